The summed E-state index contributed by atoms with van der Waals surface area (Å²) in [6.07, 6.45) is 4.57. The fraction of sp³-hybridized carbons (Fsp3) is 0.350. The second-order valence-corrected chi connectivity index (χ2v) is 6.34. The van der Waals surface area contributed by atoms with E-state index in [4.69, 9.17) is 4.74 Å². The number of ether oxygens (including phenoxy) is 1. The van der Waals surface area contributed by atoms with Crippen molar-refractivity contribution in [3.05, 3.63) is 59.9 Å². The van der Waals surface area contributed by atoms with Gasteiger partial charge in [0.2, 0.25) is 5.91 Å². The molecule has 1 aromatic heterocycles. The van der Waals surface area contributed by atoms with Crippen molar-refractivity contribution in [2.75, 3.05) is 20.2 Å². The molecule has 3 rings (SSSR count). The summed E-state index contributed by atoms with van der Waals surface area (Å²) >= 11 is 0. The van der Waals surface area contributed by atoms with Gasteiger partial charge in [-0.3, -0.25) is 14.6 Å². The number of nitrogens with zero attached hydrogens (tertiary/aromatic N) is 2. The number of piperidine rings is 1. The van der Waals surface area contributed by atoms with Gasteiger partial charge in [0, 0.05) is 43.5 Å². The van der Waals surface area contributed by atoms with Crippen LogP contribution in [0.15, 0.2) is 48.8 Å². The van der Waals surface area contributed by atoms with E-state index in [0.29, 0.717) is 38.0 Å². The zero-order chi connectivity index (χ0) is 18.4. The Balaban J connectivity index is 1.50. The highest BCUT2D eigenvalue weighted by Crippen LogP contribution is 2.20. The molecule has 1 saturated heterocycles. The molecule has 6 heteroatoms. The molecule has 1 N–H and O–H groups in total. The van der Waals surface area contributed by atoms with Crippen LogP contribution in [-0.4, -0.2) is 41.9 Å². The molecule has 2 heterocycles. The van der Waals surface area contributed by atoms with E-state index in [-0.39, 0.29) is 17.7 Å². The summed E-state index contributed by atoms with van der Waals surface area (Å²) in [5.41, 5.74) is 1.54. The third kappa shape index (κ3) is 4.20. The van der Waals surface area contributed by atoms with Crippen molar-refractivity contribution in [1.29, 1.82) is 0 Å². The first kappa shape index (κ1) is 17.9. The standard InChI is InChI=1S/C20H23N3O3/c1-26-18-7-3-2-5-16(18)14-22-19(24)15-8-11-23(12-9-15)20(25)17-6-4-10-21-13-17/h2-7,10,13,15H,8-9,11-12,14H2,1H3,(H,22,24). The minimum atomic E-state index is -0.0670. The molecule has 1 aromatic carbocycles. The van der Waals surface area contributed by atoms with Crippen molar-refractivity contribution in [3.8, 4) is 5.75 Å². The Morgan fingerprint density at radius 2 is 1.96 bits per heavy atom. The Bertz CT molecular complexity index is 756. The molecule has 2 aromatic rings. The predicted molar refractivity (Wildman–Crippen MR) is 97.7 cm³/mol. The van der Waals surface area contributed by atoms with E-state index >= 15 is 0 Å². The molecule has 1 aliphatic heterocycles. The maximum atomic E-state index is 12.5. The van der Waals surface area contributed by atoms with Crippen LogP contribution in [0.2, 0.25) is 0 Å². The lowest BCUT2D eigenvalue weighted by atomic mass is 9.95. The molecule has 0 aliphatic carbocycles. The van der Waals surface area contributed by atoms with Crippen molar-refractivity contribution < 1.29 is 14.3 Å². The quantitative estimate of drug-likeness (QED) is 0.895. The summed E-state index contributed by atoms with van der Waals surface area (Å²) in [5, 5.41) is 2.99. The number of aromatic nitrogens is 1. The van der Waals surface area contributed by atoms with Gasteiger partial charge in [-0.25, -0.2) is 0 Å². The number of para-hydroxylation sites is 1. The van der Waals surface area contributed by atoms with Gasteiger partial charge in [0.15, 0.2) is 0 Å². The third-order valence-corrected chi connectivity index (χ3v) is 4.71. The fourth-order valence-electron chi connectivity index (χ4n) is 3.19. The van der Waals surface area contributed by atoms with E-state index in [9.17, 15) is 9.59 Å². The van der Waals surface area contributed by atoms with Crippen LogP contribution in [0, 0.1) is 5.92 Å². The smallest absolute Gasteiger partial charge is 0.255 e. The average Bonchev–Trinajstić information content (AvgIpc) is 2.72. The summed E-state index contributed by atoms with van der Waals surface area (Å²) < 4.78 is 5.31. The first-order valence-electron chi connectivity index (χ1n) is 8.78. The highest BCUT2D eigenvalue weighted by molar-refractivity contribution is 5.94. The van der Waals surface area contributed by atoms with Gasteiger partial charge in [0.25, 0.3) is 5.91 Å². The maximum absolute atomic E-state index is 12.5. The molecule has 0 unspecified atom stereocenters. The van der Waals surface area contributed by atoms with Crippen LogP contribution in [-0.2, 0) is 11.3 Å². The topological polar surface area (TPSA) is 71.5 Å². The third-order valence-electron chi connectivity index (χ3n) is 4.71. The minimum Gasteiger partial charge on any atom is -0.496 e. The van der Waals surface area contributed by atoms with E-state index in [1.807, 2.05) is 24.3 Å². The SMILES string of the molecule is COc1ccccc1CNC(=O)C1CCN(C(=O)c2cccnc2)CC1. The monoisotopic (exact) mass is 353 g/mol. The van der Waals surface area contributed by atoms with Gasteiger partial charge in [-0.05, 0) is 31.0 Å². The van der Waals surface area contributed by atoms with Crippen molar-refractivity contribution in [1.82, 2.24) is 15.2 Å². The van der Waals surface area contributed by atoms with Crippen LogP contribution in [0.1, 0.15) is 28.8 Å². The van der Waals surface area contributed by atoms with Crippen molar-refractivity contribution in [2.24, 2.45) is 5.92 Å². The Morgan fingerprint density at radius 3 is 2.65 bits per heavy atom. The lowest BCUT2D eigenvalue weighted by Gasteiger charge is -2.31. The molecule has 0 radical (unpaired) electrons. The molecule has 1 fully saturated rings. The van der Waals surface area contributed by atoms with Crippen molar-refractivity contribution in [2.45, 2.75) is 19.4 Å². The highest BCUT2D eigenvalue weighted by atomic mass is 16.5. The first-order valence-corrected chi connectivity index (χ1v) is 8.78. The van der Waals surface area contributed by atoms with Gasteiger partial charge in [-0.1, -0.05) is 18.2 Å². The Kier molecular flexibility index (Phi) is 5.84. The van der Waals surface area contributed by atoms with Crippen molar-refractivity contribution >= 4 is 11.8 Å². The number of hydrogen-bond donors (Lipinski definition) is 1. The second kappa shape index (κ2) is 8.47. The minimum absolute atomic E-state index is 0.0222. The largest absolute Gasteiger partial charge is 0.496 e. The zero-order valence-electron chi connectivity index (χ0n) is 14.9. The van der Waals surface area contributed by atoms with Crippen molar-refractivity contribution in [3.63, 3.8) is 0 Å². The summed E-state index contributed by atoms with van der Waals surface area (Å²) in [7, 11) is 1.62. The Hall–Kier alpha value is -2.89. The number of hydrogen-bond acceptors (Lipinski definition) is 4. The highest BCUT2D eigenvalue weighted by Gasteiger charge is 2.27. The van der Waals surface area contributed by atoms with Gasteiger partial charge in [-0.2, -0.15) is 0 Å². The molecule has 0 atom stereocenters. The van der Waals surface area contributed by atoms with E-state index in [0.717, 1.165) is 11.3 Å². The summed E-state index contributed by atoms with van der Waals surface area (Å²) in [6.45, 7) is 1.61. The van der Waals surface area contributed by atoms with E-state index in [1.165, 1.54) is 0 Å². The van der Waals surface area contributed by atoms with Gasteiger partial charge in [0.1, 0.15) is 5.75 Å². The molecular weight excluding hydrogens is 330 g/mol. The number of benzene rings is 1. The molecule has 136 valence electrons. The molecule has 1 aliphatic rings. The fourth-order valence-corrected chi connectivity index (χ4v) is 3.19. The molecule has 6 nitrogen and oxygen atoms in total. The first-order chi connectivity index (χ1) is 12.7. The molecule has 2 amide bonds. The Morgan fingerprint density at radius 1 is 1.19 bits per heavy atom. The summed E-state index contributed by atoms with van der Waals surface area (Å²) in [4.78, 5) is 30.7. The normalized spacial score (nSPS) is 14.7. The number of nitrogens with one attached hydrogen (secondary N) is 1. The van der Waals surface area contributed by atoms with Crippen LogP contribution in [0.4, 0.5) is 0 Å². The molecular formula is C20H23N3O3. The van der Waals surface area contributed by atoms with Crippen LogP contribution >= 0.6 is 0 Å². The summed E-state index contributed by atoms with van der Waals surface area (Å²) in [6, 6.07) is 11.2. The van der Waals surface area contributed by atoms with Crippen LogP contribution < -0.4 is 10.1 Å². The van der Waals surface area contributed by atoms with Gasteiger partial charge in [-0.15, -0.1) is 0 Å². The molecule has 26 heavy (non-hydrogen) atoms. The predicted octanol–water partition coefficient (Wildman–Crippen LogP) is 2.26. The summed E-state index contributed by atoms with van der Waals surface area (Å²) in [5.74, 6) is 0.711. The molecule has 0 saturated carbocycles. The number of rotatable bonds is 5. The number of likely N-dealkylation sites (tertiary alicyclic amines) is 1. The van der Waals surface area contributed by atoms with E-state index in [1.54, 1.807) is 36.5 Å². The number of carbonyl (C=O) groups is 2. The molecule has 0 spiro atoms. The zero-order valence-corrected chi connectivity index (χ0v) is 14.9. The maximum Gasteiger partial charge on any atom is 0.255 e. The van der Waals surface area contributed by atoms with Gasteiger partial charge < -0.3 is 15.0 Å². The number of methoxy groups -OCH3 is 1. The Labute approximate surface area is 153 Å². The van der Waals surface area contributed by atoms with Gasteiger partial charge >= 0.3 is 0 Å². The number of pyridine rings is 1. The van der Waals surface area contributed by atoms with Crippen LogP contribution in [0.5, 0.6) is 5.75 Å². The second-order valence-electron chi connectivity index (χ2n) is 6.34. The van der Waals surface area contributed by atoms with Gasteiger partial charge in [0.05, 0.1) is 12.7 Å². The van der Waals surface area contributed by atoms with E-state index < -0.39 is 0 Å². The lowest BCUT2D eigenvalue weighted by Crippen LogP contribution is -2.43. The average molecular weight is 353 g/mol. The van der Waals surface area contributed by atoms with Crippen LogP contribution in [0.3, 0.4) is 0 Å². The van der Waals surface area contributed by atoms with Crippen LogP contribution in [0.25, 0.3) is 0 Å². The number of carbonyl (C=O) groups excluding carboxylic acids is 2. The number of amides is 2. The lowest BCUT2D eigenvalue weighted by molar-refractivity contribution is -0.126. The van der Waals surface area contributed by atoms with E-state index in [2.05, 4.69) is 10.3 Å². The molecule has 0 bridgehead atoms.